The summed E-state index contributed by atoms with van der Waals surface area (Å²) in [5.41, 5.74) is 5.61. The summed E-state index contributed by atoms with van der Waals surface area (Å²) in [6.45, 7) is 6.64. The molecule has 1 heterocycles. The van der Waals surface area contributed by atoms with E-state index in [9.17, 15) is 8.42 Å². The molecule has 0 bridgehead atoms. The van der Waals surface area contributed by atoms with Crippen LogP contribution in [0.3, 0.4) is 0 Å². The normalized spacial score (nSPS) is 20.7. The largest absolute Gasteiger partial charge is 0.330 e. The molecule has 1 aliphatic rings. The highest BCUT2D eigenvalue weighted by molar-refractivity contribution is 7.86. The number of nitrogens with two attached hydrogens (primary N) is 1. The molecule has 18 heavy (non-hydrogen) atoms. The van der Waals surface area contributed by atoms with Gasteiger partial charge in [-0.25, -0.2) is 0 Å². The molecule has 1 fully saturated rings. The Morgan fingerprint density at radius 2 is 1.94 bits per heavy atom. The molecule has 0 spiro atoms. The van der Waals surface area contributed by atoms with Crippen molar-refractivity contribution in [1.82, 2.24) is 8.61 Å². The van der Waals surface area contributed by atoms with Crippen molar-refractivity contribution in [3.63, 3.8) is 0 Å². The molecular formula is C12H27N3O2S. The first-order valence-corrected chi connectivity index (χ1v) is 8.23. The molecule has 0 aliphatic carbocycles. The number of nitrogens with zero attached hydrogens (tertiary/aromatic N) is 2. The minimum Gasteiger partial charge on any atom is -0.330 e. The summed E-state index contributed by atoms with van der Waals surface area (Å²) in [5.74, 6) is 0. The number of rotatable bonds is 7. The molecule has 0 atom stereocenters. The molecule has 0 unspecified atom stereocenters. The third kappa shape index (κ3) is 3.23. The van der Waals surface area contributed by atoms with Crippen LogP contribution in [0.2, 0.25) is 0 Å². The van der Waals surface area contributed by atoms with Crippen LogP contribution in [-0.2, 0) is 10.2 Å². The van der Waals surface area contributed by atoms with E-state index in [1.165, 1.54) is 4.31 Å². The van der Waals surface area contributed by atoms with Gasteiger partial charge < -0.3 is 5.73 Å². The summed E-state index contributed by atoms with van der Waals surface area (Å²) in [6.07, 6.45) is 3.77. The Morgan fingerprint density at radius 3 is 2.39 bits per heavy atom. The summed E-state index contributed by atoms with van der Waals surface area (Å²) in [6, 6.07) is 0. The lowest BCUT2D eigenvalue weighted by atomic mass is 9.82. The highest BCUT2D eigenvalue weighted by Gasteiger charge is 2.41. The van der Waals surface area contributed by atoms with E-state index >= 15 is 0 Å². The maximum atomic E-state index is 12.4. The fourth-order valence-electron chi connectivity index (χ4n) is 2.54. The van der Waals surface area contributed by atoms with Gasteiger partial charge in [0.15, 0.2) is 0 Å². The van der Waals surface area contributed by atoms with Gasteiger partial charge in [0.1, 0.15) is 0 Å². The van der Waals surface area contributed by atoms with Gasteiger partial charge in [-0.3, -0.25) is 0 Å². The summed E-state index contributed by atoms with van der Waals surface area (Å²) in [4.78, 5) is 0. The van der Waals surface area contributed by atoms with E-state index in [1.807, 2.05) is 0 Å². The highest BCUT2D eigenvalue weighted by atomic mass is 32.2. The highest BCUT2D eigenvalue weighted by Crippen LogP contribution is 2.38. The number of hydrogen-bond acceptors (Lipinski definition) is 3. The van der Waals surface area contributed by atoms with Crippen LogP contribution in [0.5, 0.6) is 0 Å². The van der Waals surface area contributed by atoms with Crippen molar-refractivity contribution < 1.29 is 8.42 Å². The Labute approximate surface area is 112 Å². The monoisotopic (exact) mass is 277 g/mol. The molecule has 5 nitrogen and oxygen atoms in total. The lowest BCUT2D eigenvalue weighted by Crippen LogP contribution is -2.42. The van der Waals surface area contributed by atoms with Gasteiger partial charge in [-0.1, -0.05) is 13.8 Å². The van der Waals surface area contributed by atoms with Crippen molar-refractivity contribution >= 4 is 10.2 Å². The van der Waals surface area contributed by atoms with Gasteiger partial charge in [0.2, 0.25) is 0 Å². The second-order valence-corrected chi connectivity index (χ2v) is 7.30. The van der Waals surface area contributed by atoms with Crippen molar-refractivity contribution in [2.45, 2.75) is 39.5 Å². The predicted octanol–water partition coefficient (Wildman–Crippen LogP) is 1.02. The zero-order chi connectivity index (χ0) is 13.8. The topological polar surface area (TPSA) is 66.6 Å². The summed E-state index contributed by atoms with van der Waals surface area (Å²) in [7, 11) is -1.65. The maximum Gasteiger partial charge on any atom is 0.281 e. The molecule has 0 aromatic heterocycles. The molecular weight excluding hydrogens is 250 g/mol. The molecule has 6 heteroatoms. The van der Waals surface area contributed by atoms with Gasteiger partial charge in [0.25, 0.3) is 10.2 Å². The van der Waals surface area contributed by atoms with Crippen LogP contribution in [0.25, 0.3) is 0 Å². The quantitative estimate of drug-likeness (QED) is 0.755. The van der Waals surface area contributed by atoms with Gasteiger partial charge in [-0.15, -0.1) is 0 Å². The van der Waals surface area contributed by atoms with Gasteiger partial charge in [-0.2, -0.15) is 17.0 Å². The second kappa shape index (κ2) is 6.32. The molecule has 108 valence electrons. The fourth-order valence-corrected chi connectivity index (χ4v) is 4.06. The van der Waals surface area contributed by atoms with E-state index in [4.69, 9.17) is 5.73 Å². The van der Waals surface area contributed by atoms with E-state index in [1.54, 1.807) is 11.4 Å². The van der Waals surface area contributed by atoms with Crippen LogP contribution >= 0.6 is 0 Å². The van der Waals surface area contributed by atoms with Crippen LogP contribution in [-0.4, -0.2) is 50.3 Å². The van der Waals surface area contributed by atoms with Gasteiger partial charge in [-0.05, 0) is 37.6 Å². The second-order valence-electron chi connectivity index (χ2n) is 5.26. The smallest absolute Gasteiger partial charge is 0.281 e. The van der Waals surface area contributed by atoms with Gasteiger partial charge in [0.05, 0.1) is 0 Å². The van der Waals surface area contributed by atoms with E-state index < -0.39 is 10.2 Å². The molecule has 1 saturated heterocycles. The Morgan fingerprint density at radius 1 is 1.33 bits per heavy atom. The molecule has 0 amide bonds. The average Bonchev–Trinajstić information content (AvgIpc) is 2.81. The van der Waals surface area contributed by atoms with Crippen LogP contribution in [0.4, 0.5) is 0 Å². The summed E-state index contributed by atoms with van der Waals surface area (Å²) >= 11 is 0. The SMILES string of the molecule is CCC1(CC)CCN(S(=O)(=O)N(C)CCCN)C1. The first-order valence-electron chi connectivity index (χ1n) is 6.83. The Bertz CT molecular complexity index is 352. The Balaban J connectivity index is 2.71. The predicted molar refractivity (Wildman–Crippen MR) is 74.4 cm³/mol. The van der Waals surface area contributed by atoms with Crippen LogP contribution in [0, 0.1) is 5.41 Å². The van der Waals surface area contributed by atoms with Gasteiger partial charge >= 0.3 is 0 Å². The zero-order valence-electron chi connectivity index (χ0n) is 11.9. The molecule has 0 radical (unpaired) electrons. The van der Waals surface area contributed by atoms with E-state index in [-0.39, 0.29) is 5.41 Å². The molecule has 1 rings (SSSR count). The Kier molecular flexibility index (Phi) is 5.58. The zero-order valence-corrected chi connectivity index (χ0v) is 12.7. The lowest BCUT2D eigenvalue weighted by molar-refractivity contribution is 0.275. The molecule has 1 aliphatic heterocycles. The van der Waals surface area contributed by atoms with Crippen molar-refractivity contribution in [3.05, 3.63) is 0 Å². The third-order valence-corrected chi connectivity index (χ3v) is 6.24. The molecule has 2 N–H and O–H groups in total. The average molecular weight is 277 g/mol. The van der Waals surface area contributed by atoms with E-state index in [0.29, 0.717) is 32.6 Å². The van der Waals surface area contributed by atoms with Crippen molar-refractivity contribution in [2.24, 2.45) is 11.1 Å². The fraction of sp³-hybridized carbons (Fsp3) is 1.00. The minimum atomic E-state index is -3.29. The Hall–Kier alpha value is -0.170. The summed E-state index contributed by atoms with van der Waals surface area (Å²) < 4.78 is 27.8. The first kappa shape index (κ1) is 15.9. The lowest BCUT2D eigenvalue weighted by Gasteiger charge is -2.28. The maximum absolute atomic E-state index is 12.4. The van der Waals surface area contributed by atoms with Crippen molar-refractivity contribution in [2.75, 3.05) is 33.2 Å². The van der Waals surface area contributed by atoms with Crippen LogP contribution in [0.1, 0.15) is 39.5 Å². The van der Waals surface area contributed by atoms with Crippen molar-refractivity contribution in [1.29, 1.82) is 0 Å². The van der Waals surface area contributed by atoms with Crippen LogP contribution in [0.15, 0.2) is 0 Å². The first-order chi connectivity index (χ1) is 8.41. The molecule has 0 aromatic rings. The standard InChI is InChI=1S/C12H27N3O2S/c1-4-12(5-2)7-10-15(11-12)18(16,17)14(3)9-6-8-13/h4-11,13H2,1-3H3. The third-order valence-electron chi connectivity index (χ3n) is 4.30. The van der Waals surface area contributed by atoms with Crippen LogP contribution < -0.4 is 5.73 Å². The molecule has 0 saturated carbocycles. The number of hydrogen-bond donors (Lipinski definition) is 1. The van der Waals surface area contributed by atoms with Gasteiger partial charge in [0, 0.05) is 26.7 Å². The molecule has 0 aromatic carbocycles. The van der Waals surface area contributed by atoms with E-state index in [0.717, 1.165) is 19.3 Å². The van der Waals surface area contributed by atoms with Crippen molar-refractivity contribution in [3.8, 4) is 0 Å². The minimum absolute atomic E-state index is 0.182. The van der Waals surface area contributed by atoms with E-state index in [2.05, 4.69) is 13.8 Å². The summed E-state index contributed by atoms with van der Waals surface area (Å²) in [5, 5.41) is 0.